The maximum absolute atomic E-state index is 4.55. The van der Waals surface area contributed by atoms with Gasteiger partial charge in [-0.1, -0.05) is 20.3 Å². The van der Waals surface area contributed by atoms with E-state index in [2.05, 4.69) is 55.0 Å². The van der Waals surface area contributed by atoms with Crippen molar-refractivity contribution in [1.82, 2.24) is 10.3 Å². The molecule has 2 atom stereocenters. The summed E-state index contributed by atoms with van der Waals surface area (Å²) in [6, 6.07) is 4.61. The Morgan fingerprint density at radius 3 is 2.44 bits per heavy atom. The molecular weight excluding hydrogens is 222 g/mol. The van der Waals surface area contributed by atoms with Crippen LogP contribution >= 0.6 is 0 Å². The van der Waals surface area contributed by atoms with Gasteiger partial charge in [0.25, 0.3) is 0 Å². The summed E-state index contributed by atoms with van der Waals surface area (Å²) < 4.78 is 0. The minimum atomic E-state index is 0.309. The molecule has 0 aliphatic rings. The van der Waals surface area contributed by atoms with Crippen LogP contribution < -0.4 is 10.2 Å². The van der Waals surface area contributed by atoms with Gasteiger partial charge in [0, 0.05) is 19.1 Å². The number of hydrogen-bond acceptors (Lipinski definition) is 3. The van der Waals surface area contributed by atoms with Crippen molar-refractivity contribution in [1.29, 1.82) is 0 Å². The van der Waals surface area contributed by atoms with Crippen LogP contribution in [0.2, 0.25) is 0 Å². The van der Waals surface area contributed by atoms with Crippen molar-refractivity contribution >= 4 is 5.69 Å². The van der Waals surface area contributed by atoms with Crippen LogP contribution in [0.3, 0.4) is 0 Å². The first-order chi connectivity index (χ1) is 8.62. The van der Waals surface area contributed by atoms with Gasteiger partial charge in [0.2, 0.25) is 0 Å². The highest BCUT2D eigenvalue weighted by Crippen LogP contribution is 2.18. The number of hydrogen-bond donors (Lipinski definition) is 1. The third-order valence-corrected chi connectivity index (χ3v) is 3.62. The SMILES string of the molecule is CCC(C)CN(CC)c1ccc(C(C)NC)nc1. The number of anilines is 1. The first-order valence-electron chi connectivity index (χ1n) is 7.00. The zero-order valence-electron chi connectivity index (χ0n) is 12.4. The number of pyridine rings is 1. The number of nitrogens with zero attached hydrogens (tertiary/aromatic N) is 2. The molecule has 0 bridgehead atoms. The second-order valence-electron chi connectivity index (χ2n) is 5.00. The summed E-state index contributed by atoms with van der Waals surface area (Å²) in [5.41, 5.74) is 2.32. The second kappa shape index (κ2) is 7.37. The predicted octanol–water partition coefficient (Wildman–Crippen LogP) is 3.23. The van der Waals surface area contributed by atoms with Crippen LogP contribution in [0.5, 0.6) is 0 Å². The van der Waals surface area contributed by atoms with Gasteiger partial charge in [0.05, 0.1) is 17.6 Å². The van der Waals surface area contributed by atoms with Crippen LogP contribution in [0, 0.1) is 5.92 Å². The lowest BCUT2D eigenvalue weighted by Gasteiger charge is -2.26. The van der Waals surface area contributed by atoms with Gasteiger partial charge < -0.3 is 10.2 Å². The van der Waals surface area contributed by atoms with E-state index in [0.29, 0.717) is 6.04 Å². The van der Waals surface area contributed by atoms with E-state index in [-0.39, 0.29) is 0 Å². The quantitative estimate of drug-likeness (QED) is 0.804. The average Bonchev–Trinajstić information content (AvgIpc) is 2.43. The summed E-state index contributed by atoms with van der Waals surface area (Å²) in [6.45, 7) is 11.0. The molecule has 3 heteroatoms. The molecule has 102 valence electrons. The van der Waals surface area contributed by atoms with Crippen molar-refractivity contribution in [2.45, 2.75) is 40.2 Å². The molecule has 1 rings (SSSR count). The molecule has 1 heterocycles. The highest BCUT2D eigenvalue weighted by Gasteiger charge is 2.10. The van der Waals surface area contributed by atoms with Crippen molar-refractivity contribution in [3.05, 3.63) is 24.0 Å². The highest BCUT2D eigenvalue weighted by molar-refractivity contribution is 5.44. The normalized spacial score (nSPS) is 14.3. The molecule has 0 saturated carbocycles. The molecule has 0 saturated heterocycles. The molecular formula is C15H27N3. The van der Waals surface area contributed by atoms with Crippen molar-refractivity contribution in [3.8, 4) is 0 Å². The summed E-state index contributed by atoms with van der Waals surface area (Å²) in [5, 5.41) is 3.21. The van der Waals surface area contributed by atoms with Crippen LogP contribution in [-0.2, 0) is 0 Å². The van der Waals surface area contributed by atoms with E-state index >= 15 is 0 Å². The molecule has 0 aromatic carbocycles. The molecule has 1 N–H and O–H groups in total. The molecule has 0 radical (unpaired) electrons. The second-order valence-corrected chi connectivity index (χ2v) is 5.00. The number of rotatable bonds is 7. The Morgan fingerprint density at radius 2 is 2.00 bits per heavy atom. The summed E-state index contributed by atoms with van der Waals surface area (Å²) in [7, 11) is 1.96. The fraction of sp³-hybridized carbons (Fsp3) is 0.667. The van der Waals surface area contributed by atoms with Crippen molar-refractivity contribution in [3.63, 3.8) is 0 Å². The third kappa shape index (κ3) is 3.98. The Kier molecular flexibility index (Phi) is 6.13. The van der Waals surface area contributed by atoms with Crippen LogP contribution in [0.4, 0.5) is 5.69 Å². The van der Waals surface area contributed by atoms with E-state index in [9.17, 15) is 0 Å². The Balaban J connectivity index is 2.75. The summed E-state index contributed by atoms with van der Waals surface area (Å²) in [6.07, 6.45) is 3.22. The van der Waals surface area contributed by atoms with Crippen LogP contribution in [-0.4, -0.2) is 25.1 Å². The van der Waals surface area contributed by atoms with E-state index in [1.54, 1.807) is 0 Å². The van der Waals surface area contributed by atoms with E-state index in [1.165, 1.54) is 12.1 Å². The van der Waals surface area contributed by atoms with Gasteiger partial charge in [-0.25, -0.2) is 0 Å². The fourth-order valence-electron chi connectivity index (χ4n) is 1.91. The van der Waals surface area contributed by atoms with Gasteiger partial charge in [-0.3, -0.25) is 4.98 Å². The Labute approximate surface area is 112 Å². The largest absolute Gasteiger partial charge is 0.370 e. The van der Waals surface area contributed by atoms with Crippen molar-refractivity contribution in [2.75, 3.05) is 25.0 Å². The molecule has 18 heavy (non-hydrogen) atoms. The van der Waals surface area contributed by atoms with Gasteiger partial charge in [-0.15, -0.1) is 0 Å². The highest BCUT2D eigenvalue weighted by atomic mass is 15.1. The standard InChI is InChI=1S/C15H27N3/c1-6-12(3)11-18(7-2)14-8-9-15(17-10-14)13(4)16-5/h8-10,12-13,16H,6-7,11H2,1-5H3. The Hall–Kier alpha value is -1.09. The first-order valence-corrected chi connectivity index (χ1v) is 7.00. The van der Waals surface area contributed by atoms with Crippen LogP contribution in [0.25, 0.3) is 0 Å². The molecule has 2 unspecified atom stereocenters. The van der Waals surface area contributed by atoms with Crippen molar-refractivity contribution < 1.29 is 0 Å². The van der Waals surface area contributed by atoms with Gasteiger partial charge in [0.1, 0.15) is 0 Å². The molecule has 0 aliphatic heterocycles. The van der Waals surface area contributed by atoms with Crippen LogP contribution in [0.15, 0.2) is 18.3 Å². The lowest BCUT2D eigenvalue weighted by Crippen LogP contribution is -2.28. The summed E-state index contributed by atoms with van der Waals surface area (Å²) in [5.74, 6) is 0.723. The van der Waals surface area contributed by atoms with E-state index in [0.717, 1.165) is 24.7 Å². The van der Waals surface area contributed by atoms with Gasteiger partial charge in [-0.05, 0) is 38.9 Å². The van der Waals surface area contributed by atoms with Gasteiger partial charge in [-0.2, -0.15) is 0 Å². The molecule has 1 aromatic rings. The Bertz CT molecular complexity index is 334. The van der Waals surface area contributed by atoms with E-state index in [4.69, 9.17) is 0 Å². The third-order valence-electron chi connectivity index (χ3n) is 3.62. The average molecular weight is 249 g/mol. The van der Waals surface area contributed by atoms with Gasteiger partial charge in [0.15, 0.2) is 0 Å². The number of aromatic nitrogens is 1. The molecule has 0 fully saturated rings. The summed E-state index contributed by atoms with van der Waals surface area (Å²) >= 11 is 0. The lowest BCUT2D eigenvalue weighted by molar-refractivity contribution is 0.547. The van der Waals surface area contributed by atoms with Gasteiger partial charge >= 0.3 is 0 Å². The summed E-state index contributed by atoms with van der Waals surface area (Å²) in [4.78, 5) is 6.95. The topological polar surface area (TPSA) is 28.2 Å². The monoisotopic (exact) mass is 249 g/mol. The zero-order chi connectivity index (χ0) is 13.5. The smallest absolute Gasteiger partial charge is 0.0571 e. The van der Waals surface area contributed by atoms with Crippen molar-refractivity contribution in [2.24, 2.45) is 5.92 Å². The molecule has 0 aliphatic carbocycles. The lowest BCUT2D eigenvalue weighted by atomic mass is 10.1. The molecule has 0 spiro atoms. The molecule has 0 amide bonds. The fourth-order valence-corrected chi connectivity index (χ4v) is 1.91. The molecule has 3 nitrogen and oxygen atoms in total. The molecule has 1 aromatic heterocycles. The number of nitrogens with one attached hydrogen (secondary N) is 1. The minimum Gasteiger partial charge on any atom is -0.370 e. The Morgan fingerprint density at radius 1 is 1.28 bits per heavy atom. The maximum Gasteiger partial charge on any atom is 0.0571 e. The van der Waals surface area contributed by atoms with E-state index in [1.807, 2.05) is 13.2 Å². The minimum absolute atomic E-state index is 0.309. The predicted molar refractivity (Wildman–Crippen MR) is 79.1 cm³/mol. The first kappa shape index (κ1) is 15.0. The zero-order valence-corrected chi connectivity index (χ0v) is 12.4. The van der Waals surface area contributed by atoms with Crippen LogP contribution in [0.1, 0.15) is 45.9 Å². The van der Waals surface area contributed by atoms with E-state index < -0.39 is 0 Å². The maximum atomic E-state index is 4.55.